The maximum atomic E-state index is 11.9. The molecule has 1 N–H and O–H groups in total. The molecule has 0 unspecified atom stereocenters. The molecule has 1 aromatic heterocycles. The van der Waals surface area contributed by atoms with Crippen molar-refractivity contribution in [2.45, 2.75) is 20.4 Å². The van der Waals surface area contributed by atoms with Crippen LogP contribution in [-0.4, -0.2) is 13.2 Å². The molecule has 0 saturated carbocycles. The van der Waals surface area contributed by atoms with E-state index in [-0.39, 0.29) is 5.63 Å². The number of anilines is 1. The highest BCUT2D eigenvalue weighted by molar-refractivity contribution is 5.84. The van der Waals surface area contributed by atoms with Crippen LogP contribution in [0.5, 0.6) is 11.5 Å². The lowest BCUT2D eigenvalue weighted by molar-refractivity contribution is 0.171. The van der Waals surface area contributed by atoms with Crippen LogP contribution in [0.4, 0.5) is 5.69 Å². The number of benzene rings is 2. The Bertz CT molecular complexity index is 1010. The minimum atomic E-state index is -0.333. The summed E-state index contributed by atoms with van der Waals surface area (Å²) in [6.07, 6.45) is 0. The second-order valence-electron chi connectivity index (χ2n) is 6.19. The third-order valence-electron chi connectivity index (χ3n) is 4.54. The van der Waals surface area contributed by atoms with E-state index >= 15 is 0 Å². The van der Waals surface area contributed by atoms with Gasteiger partial charge in [0.1, 0.15) is 18.8 Å². The fourth-order valence-electron chi connectivity index (χ4n) is 3.02. The molecule has 0 bridgehead atoms. The van der Waals surface area contributed by atoms with Gasteiger partial charge in [-0.2, -0.15) is 0 Å². The second-order valence-corrected chi connectivity index (χ2v) is 6.19. The summed E-state index contributed by atoms with van der Waals surface area (Å²) in [6.45, 7) is 5.63. The zero-order valence-corrected chi connectivity index (χ0v) is 14.2. The Hall–Kier alpha value is -2.95. The highest BCUT2D eigenvalue weighted by Gasteiger charge is 2.13. The van der Waals surface area contributed by atoms with Crippen LogP contribution in [-0.2, 0) is 6.54 Å². The van der Waals surface area contributed by atoms with Gasteiger partial charge in [0.15, 0.2) is 11.5 Å². The van der Waals surface area contributed by atoms with Crippen LogP contribution in [0.25, 0.3) is 11.0 Å². The minimum absolute atomic E-state index is 0.333. The van der Waals surface area contributed by atoms with Gasteiger partial charge in [-0.25, -0.2) is 4.79 Å². The van der Waals surface area contributed by atoms with E-state index in [1.54, 1.807) is 6.07 Å². The zero-order valence-electron chi connectivity index (χ0n) is 14.2. The van der Waals surface area contributed by atoms with Crippen molar-refractivity contribution in [3.63, 3.8) is 0 Å². The van der Waals surface area contributed by atoms with E-state index in [2.05, 4.69) is 5.32 Å². The predicted molar refractivity (Wildman–Crippen MR) is 96.7 cm³/mol. The van der Waals surface area contributed by atoms with Gasteiger partial charge in [0.2, 0.25) is 0 Å². The number of ether oxygens (including phenoxy) is 2. The summed E-state index contributed by atoms with van der Waals surface area (Å²) in [5.41, 5.74) is 4.24. The molecular formula is C20H19NO4. The number of nitrogens with one attached hydrogen (secondary N) is 1. The number of fused-ring (bicyclic) bond motifs is 2. The molecule has 25 heavy (non-hydrogen) atoms. The lowest BCUT2D eigenvalue weighted by Gasteiger charge is -2.19. The molecule has 1 aliphatic rings. The topological polar surface area (TPSA) is 60.7 Å². The van der Waals surface area contributed by atoms with E-state index in [4.69, 9.17) is 13.9 Å². The largest absolute Gasteiger partial charge is 0.486 e. The molecule has 5 nitrogen and oxygen atoms in total. The van der Waals surface area contributed by atoms with E-state index in [1.165, 1.54) is 0 Å². The van der Waals surface area contributed by atoms with Crippen LogP contribution in [0.2, 0.25) is 0 Å². The number of hydrogen-bond acceptors (Lipinski definition) is 5. The van der Waals surface area contributed by atoms with Gasteiger partial charge in [-0.15, -0.1) is 0 Å². The summed E-state index contributed by atoms with van der Waals surface area (Å²) in [4.78, 5) is 11.9. The van der Waals surface area contributed by atoms with Crippen LogP contribution in [0.1, 0.15) is 16.7 Å². The highest BCUT2D eigenvalue weighted by Crippen LogP contribution is 2.33. The van der Waals surface area contributed by atoms with Gasteiger partial charge < -0.3 is 19.2 Å². The predicted octanol–water partition coefficient (Wildman–Crippen LogP) is 3.79. The smallest absolute Gasteiger partial charge is 0.336 e. The SMILES string of the molecule is Cc1ccc2c(CNc3ccc4c(c3)OCCO4)cc(=O)oc2c1C. The molecule has 0 aliphatic carbocycles. The average Bonchev–Trinajstić information content (AvgIpc) is 2.63. The second kappa shape index (κ2) is 6.16. The molecule has 0 saturated heterocycles. The Morgan fingerprint density at radius 1 is 1.00 bits per heavy atom. The van der Waals surface area contributed by atoms with Crippen molar-refractivity contribution in [3.8, 4) is 11.5 Å². The summed E-state index contributed by atoms with van der Waals surface area (Å²) >= 11 is 0. The average molecular weight is 337 g/mol. The van der Waals surface area contributed by atoms with Crippen molar-refractivity contribution in [1.29, 1.82) is 0 Å². The maximum absolute atomic E-state index is 11.9. The molecule has 128 valence electrons. The van der Waals surface area contributed by atoms with Crippen molar-refractivity contribution < 1.29 is 13.9 Å². The molecule has 5 heteroatoms. The first kappa shape index (κ1) is 15.6. The number of aryl methyl sites for hydroxylation is 2. The van der Waals surface area contributed by atoms with Crippen LogP contribution < -0.4 is 20.4 Å². The van der Waals surface area contributed by atoms with Gasteiger partial charge in [0.25, 0.3) is 0 Å². The summed E-state index contributed by atoms with van der Waals surface area (Å²) in [5, 5.41) is 4.30. The third kappa shape index (κ3) is 2.93. The van der Waals surface area contributed by atoms with Gasteiger partial charge in [-0.05, 0) is 42.7 Å². The maximum Gasteiger partial charge on any atom is 0.336 e. The Kier molecular flexibility index (Phi) is 3.84. The molecule has 4 rings (SSSR count). The van der Waals surface area contributed by atoms with Gasteiger partial charge in [-0.1, -0.05) is 12.1 Å². The van der Waals surface area contributed by atoms with E-state index in [0.29, 0.717) is 25.3 Å². The summed E-state index contributed by atoms with van der Waals surface area (Å²) in [5.74, 6) is 1.49. The molecule has 2 aromatic carbocycles. The molecule has 0 amide bonds. The van der Waals surface area contributed by atoms with E-state index in [1.807, 2.05) is 44.2 Å². The highest BCUT2D eigenvalue weighted by atomic mass is 16.6. The Labute approximate surface area is 145 Å². The van der Waals surface area contributed by atoms with E-state index in [9.17, 15) is 4.79 Å². The van der Waals surface area contributed by atoms with Crippen LogP contribution in [0.3, 0.4) is 0 Å². The monoisotopic (exact) mass is 337 g/mol. The standard InChI is InChI=1S/C20H19NO4/c1-12-3-5-16-14(9-19(22)25-20(16)13(12)2)11-21-15-4-6-17-18(10-15)24-8-7-23-17/h3-6,9-10,21H,7-8,11H2,1-2H3. The van der Waals surface area contributed by atoms with Crippen molar-refractivity contribution in [2.24, 2.45) is 0 Å². The van der Waals surface area contributed by atoms with Gasteiger partial charge in [0, 0.05) is 29.8 Å². The molecule has 0 fully saturated rings. The van der Waals surface area contributed by atoms with Crippen LogP contribution >= 0.6 is 0 Å². The molecule has 2 heterocycles. The molecule has 1 aliphatic heterocycles. The quantitative estimate of drug-likeness (QED) is 0.737. The number of hydrogen-bond donors (Lipinski definition) is 1. The fraction of sp³-hybridized carbons (Fsp3) is 0.250. The van der Waals surface area contributed by atoms with Crippen LogP contribution in [0, 0.1) is 13.8 Å². The fourth-order valence-corrected chi connectivity index (χ4v) is 3.02. The van der Waals surface area contributed by atoms with Crippen molar-refractivity contribution >= 4 is 16.7 Å². The molecule has 3 aromatic rings. The summed E-state index contributed by atoms with van der Waals surface area (Å²) in [7, 11) is 0. The summed E-state index contributed by atoms with van der Waals surface area (Å²) in [6, 6.07) is 11.3. The minimum Gasteiger partial charge on any atom is -0.486 e. The molecular weight excluding hydrogens is 318 g/mol. The molecule has 0 spiro atoms. The third-order valence-corrected chi connectivity index (χ3v) is 4.54. The zero-order chi connectivity index (χ0) is 17.4. The Morgan fingerprint density at radius 3 is 2.64 bits per heavy atom. The van der Waals surface area contributed by atoms with Gasteiger partial charge >= 0.3 is 5.63 Å². The van der Waals surface area contributed by atoms with Gasteiger partial charge in [-0.3, -0.25) is 0 Å². The Morgan fingerprint density at radius 2 is 1.80 bits per heavy atom. The van der Waals surface area contributed by atoms with Crippen molar-refractivity contribution in [3.05, 3.63) is 63.5 Å². The number of rotatable bonds is 3. The Balaban J connectivity index is 1.65. The first-order valence-electron chi connectivity index (χ1n) is 8.28. The van der Waals surface area contributed by atoms with E-state index < -0.39 is 0 Å². The molecule has 0 radical (unpaired) electrons. The van der Waals surface area contributed by atoms with Crippen molar-refractivity contribution in [2.75, 3.05) is 18.5 Å². The van der Waals surface area contributed by atoms with Gasteiger partial charge in [0.05, 0.1) is 0 Å². The normalized spacial score (nSPS) is 13.0. The van der Waals surface area contributed by atoms with E-state index in [0.717, 1.165) is 39.3 Å². The van der Waals surface area contributed by atoms with Crippen molar-refractivity contribution in [1.82, 2.24) is 0 Å². The lowest BCUT2D eigenvalue weighted by Crippen LogP contribution is -2.15. The summed E-state index contributed by atoms with van der Waals surface area (Å²) < 4.78 is 16.6. The lowest BCUT2D eigenvalue weighted by atomic mass is 10.0. The first-order chi connectivity index (χ1) is 12.1. The first-order valence-corrected chi connectivity index (χ1v) is 8.28. The van der Waals surface area contributed by atoms with Crippen LogP contribution in [0.15, 0.2) is 45.6 Å². The molecule has 0 atom stereocenters.